The Morgan fingerprint density at radius 3 is 0.854 bits per heavy atom. The molecule has 0 aliphatic rings. The molecule has 0 N–H and O–H groups in total. The van der Waals surface area contributed by atoms with Crippen molar-refractivity contribution in [2.24, 2.45) is 0 Å². The van der Waals surface area contributed by atoms with Crippen LogP contribution in [-0.2, 0) is 28.6 Å². The van der Waals surface area contributed by atoms with Gasteiger partial charge in [-0.05, 0) is 116 Å². The van der Waals surface area contributed by atoms with E-state index in [0.29, 0.717) is 12.8 Å². The molecule has 0 aromatic rings. The van der Waals surface area contributed by atoms with E-state index in [4.69, 9.17) is 14.2 Å². The fourth-order valence-electron chi connectivity index (χ4n) is 9.36. The Kier molecular flexibility index (Phi) is 65.3. The SMILES string of the molecule is CC/C=C\C/C=C\C/C=C\C/C=C\C/C=C\CC(=O)OCC(COC(=O)CCCCCCCCCCCCCCCCCCCCCC/C=C\C/C=C\C/C=C\C/C=C\CC)OC(=O)CCCCCCC/C=C\C/C=C\CCCCCC. The highest BCUT2D eigenvalue weighted by molar-refractivity contribution is 5.72. The molecule has 0 fully saturated rings. The molecule has 1 unspecified atom stereocenters. The molecule has 0 saturated carbocycles. The van der Waals surface area contributed by atoms with Crippen LogP contribution in [0.3, 0.4) is 0 Å². The molecule has 0 rings (SSSR count). The van der Waals surface area contributed by atoms with Gasteiger partial charge in [0.05, 0.1) is 6.42 Å². The van der Waals surface area contributed by atoms with E-state index in [1.165, 1.54) is 148 Å². The van der Waals surface area contributed by atoms with Gasteiger partial charge in [0, 0.05) is 12.8 Å². The van der Waals surface area contributed by atoms with Crippen LogP contribution in [0.15, 0.2) is 134 Å². The normalized spacial score (nSPS) is 13.0. The average molecular weight is 1140 g/mol. The van der Waals surface area contributed by atoms with Crippen molar-refractivity contribution in [3.05, 3.63) is 134 Å². The van der Waals surface area contributed by atoms with Gasteiger partial charge in [-0.15, -0.1) is 0 Å². The van der Waals surface area contributed by atoms with Crippen LogP contribution in [0.1, 0.15) is 310 Å². The number of carbonyl (C=O) groups is 3. The summed E-state index contributed by atoms with van der Waals surface area (Å²) in [5, 5.41) is 0. The predicted molar refractivity (Wildman–Crippen MR) is 357 cm³/mol. The van der Waals surface area contributed by atoms with Gasteiger partial charge in [-0.2, -0.15) is 0 Å². The van der Waals surface area contributed by atoms with E-state index < -0.39 is 12.1 Å². The summed E-state index contributed by atoms with van der Waals surface area (Å²) in [5.74, 6) is -1.06. The van der Waals surface area contributed by atoms with Gasteiger partial charge in [0.1, 0.15) is 13.2 Å². The van der Waals surface area contributed by atoms with Crippen LogP contribution in [0.4, 0.5) is 0 Å². The van der Waals surface area contributed by atoms with Crippen molar-refractivity contribution < 1.29 is 28.6 Å². The lowest BCUT2D eigenvalue weighted by Crippen LogP contribution is -2.30. The van der Waals surface area contributed by atoms with Gasteiger partial charge in [0.25, 0.3) is 0 Å². The van der Waals surface area contributed by atoms with E-state index in [2.05, 4.69) is 142 Å². The number of carbonyl (C=O) groups excluding carboxylic acids is 3. The smallest absolute Gasteiger partial charge is 0.309 e. The maximum absolute atomic E-state index is 12.9. The Morgan fingerprint density at radius 1 is 0.268 bits per heavy atom. The Bertz CT molecular complexity index is 1730. The van der Waals surface area contributed by atoms with Crippen LogP contribution in [0.5, 0.6) is 0 Å². The molecule has 0 amide bonds. The third kappa shape index (κ3) is 66.4. The molecule has 82 heavy (non-hydrogen) atoms. The van der Waals surface area contributed by atoms with Gasteiger partial charge in [0.2, 0.25) is 0 Å². The zero-order valence-corrected chi connectivity index (χ0v) is 53.5. The molecule has 0 spiro atoms. The molecule has 1 atom stereocenters. The lowest BCUT2D eigenvalue weighted by atomic mass is 10.0. The highest BCUT2D eigenvalue weighted by Crippen LogP contribution is 2.17. The van der Waals surface area contributed by atoms with Gasteiger partial charge in [-0.25, -0.2) is 0 Å². The van der Waals surface area contributed by atoms with Crippen molar-refractivity contribution in [1.82, 2.24) is 0 Å². The van der Waals surface area contributed by atoms with Gasteiger partial charge < -0.3 is 14.2 Å². The molecule has 0 saturated heterocycles. The Hall–Kier alpha value is -4.45. The summed E-state index contributed by atoms with van der Waals surface area (Å²) in [7, 11) is 0. The first-order chi connectivity index (χ1) is 40.5. The second kappa shape index (κ2) is 69.0. The zero-order chi connectivity index (χ0) is 59.2. The number of rotatable bonds is 61. The molecule has 0 radical (unpaired) electrons. The first kappa shape index (κ1) is 77.5. The lowest BCUT2D eigenvalue weighted by Gasteiger charge is -2.18. The molecule has 6 heteroatoms. The summed E-state index contributed by atoms with van der Waals surface area (Å²) in [6, 6.07) is 0. The van der Waals surface area contributed by atoms with Crippen molar-refractivity contribution in [3.8, 4) is 0 Å². The van der Waals surface area contributed by atoms with E-state index in [9.17, 15) is 14.4 Å². The topological polar surface area (TPSA) is 78.9 Å². The summed E-state index contributed by atoms with van der Waals surface area (Å²) in [4.78, 5) is 38.3. The number of hydrogen-bond acceptors (Lipinski definition) is 6. The minimum atomic E-state index is -0.829. The summed E-state index contributed by atoms with van der Waals surface area (Å²) >= 11 is 0. The maximum atomic E-state index is 12.9. The minimum absolute atomic E-state index is 0.114. The van der Waals surface area contributed by atoms with E-state index in [0.717, 1.165) is 122 Å². The van der Waals surface area contributed by atoms with Crippen molar-refractivity contribution in [1.29, 1.82) is 0 Å². The molecule has 466 valence electrons. The van der Waals surface area contributed by atoms with E-state index >= 15 is 0 Å². The minimum Gasteiger partial charge on any atom is -0.462 e. The number of esters is 3. The van der Waals surface area contributed by atoms with Crippen LogP contribution < -0.4 is 0 Å². The largest absolute Gasteiger partial charge is 0.462 e. The first-order valence-electron chi connectivity index (χ1n) is 34.2. The highest BCUT2D eigenvalue weighted by atomic mass is 16.6. The van der Waals surface area contributed by atoms with Crippen molar-refractivity contribution in [2.75, 3.05) is 13.2 Å². The molecule has 0 aromatic carbocycles. The van der Waals surface area contributed by atoms with Gasteiger partial charge >= 0.3 is 17.9 Å². The van der Waals surface area contributed by atoms with Gasteiger partial charge in [-0.3, -0.25) is 14.4 Å². The summed E-state index contributed by atoms with van der Waals surface area (Å²) in [5.41, 5.74) is 0. The van der Waals surface area contributed by atoms with E-state index in [1.807, 2.05) is 6.08 Å². The third-order valence-corrected chi connectivity index (χ3v) is 14.4. The molecule has 0 aliphatic heterocycles. The summed E-state index contributed by atoms with van der Waals surface area (Å²) in [6.07, 6.45) is 98.0. The molecule has 0 aliphatic carbocycles. The predicted octanol–water partition coefficient (Wildman–Crippen LogP) is 23.7. The average Bonchev–Trinajstić information content (AvgIpc) is 3.47. The Labute approximate surface area is 506 Å². The van der Waals surface area contributed by atoms with Crippen LogP contribution in [0.25, 0.3) is 0 Å². The van der Waals surface area contributed by atoms with Crippen LogP contribution in [0, 0.1) is 0 Å². The lowest BCUT2D eigenvalue weighted by molar-refractivity contribution is -0.166. The standard InChI is InChI=1S/C76H126O6/c1-4-7-10-13-16-19-22-25-28-30-31-32-33-34-35-36-37-38-39-40-41-42-43-44-45-46-49-51-54-57-60-63-66-69-75(78)81-72-73(71-80-74(77)68-65-62-59-56-53-50-47-27-24-21-18-15-12-9-6-3)82-76(79)70-67-64-61-58-55-52-48-29-26-23-20-17-14-11-8-5-2/h7,9-10,12,16,18-21,23,25,27-29,31-32,47-48,53,56,62,65,73H,4-6,8,11,13-15,17,22,24,26,30,33-46,49-52,54-55,57-61,63-64,66-72H2,1-3H3/b10-7-,12-9-,19-16-,21-18-,23-20-,28-25-,32-31-,47-27-,48-29-,56-53-,65-62-. The number of allylic oxidation sites excluding steroid dienone is 21. The quantitative estimate of drug-likeness (QED) is 0.0261. The molecule has 0 aromatic heterocycles. The second-order valence-corrected chi connectivity index (χ2v) is 22.3. The van der Waals surface area contributed by atoms with Crippen LogP contribution >= 0.6 is 0 Å². The van der Waals surface area contributed by atoms with E-state index in [1.54, 1.807) is 6.08 Å². The Morgan fingerprint density at radius 2 is 0.524 bits per heavy atom. The highest BCUT2D eigenvalue weighted by Gasteiger charge is 2.19. The summed E-state index contributed by atoms with van der Waals surface area (Å²) < 4.78 is 16.8. The fraction of sp³-hybridized carbons (Fsp3) is 0.671. The maximum Gasteiger partial charge on any atom is 0.309 e. The molecule has 6 nitrogen and oxygen atoms in total. The van der Waals surface area contributed by atoms with Gasteiger partial charge in [0.15, 0.2) is 6.10 Å². The molecule has 0 bridgehead atoms. The first-order valence-corrected chi connectivity index (χ1v) is 34.2. The van der Waals surface area contributed by atoms with Crippen LogP contribution in [-0.4, -0.2) is 37.2 Å². The van der Waals surface area contributed by atoms with Crippen molar-refractivity contribution >= 4 is 17.9 Å². The van der Waals surface area contributed by atoms with Crippen molar-refractivity contribution in [2.45, 2.75) is 316 Å². The second-order valence-electron chi connectivity index (χ2n) is 22.3. The number of ether oxygens (including phenoxy) is 3. The third-order valence-electron chi connectivity index (χ3n) is 14.4. The molecule has 0 heterocycles. The van der Waals surface area contributed by atoms with E-state index in [-0.39, 0.29) is 31.6 Å². The molecular formula is C76H126O6. The summed E-state index contributed by atoms with van der Waals surface area (Å²) in [6.45, 7) is 6.31. The van der Waals surface area contributed by atoms with Crippen LogP contribution in [0.2, 0.25) is 0 Å². The number of hydrogen-bond donors (Lipinski definition) is 0. The van der Waals surface area contributed by atoms with Gasteiger partial charge in [-0.1, -0.05) is 309 Å². The Balaban J connectivity index is 4.25. The number of unbranched alkanes of at least 4 members (excludes halogenated alkanes) is 29. The molecular weight excluding hydrogens is 1010 g/mol. The van der Waals surface area contributed by atoms with Crippen molar-refractivity contribution in [3.63, 3.8) is 0 Å². The zero-order valence-electron chi connectivity index (χ0n) is 53.5. The fourth-order valence-corrected chi connectivity index (χ4v) is 9.36. The monoisotopic (exact) mass is 1130 g/mol.